The molecule has 0 aliphatic rings. The number of aromatic nitrogens is 2. The largest absolute Gasteiger partial charge is 0.363 e. The van der Waals surface area contributed by atoms with Gasteiger partial charge in [-0.2, -0.15) is 4.98 Å². The van der Waals surface area contributed by atoms with Gasteiger partial charge in [-0.15, -0.1) is 0 Å². The molecule has 0 saturated heterocycles. The van der Waals surface area contributed by atoms with Crippen molar-refractivity contribution in [3.05, 3.63) is 40.5 Å². The van der Waals surface area contributed by atoms with Crippen molar-refractivity contribution in [1.82, 2.24) is 14.7 Å². The number of nitrogens with one attached hydrogen (secondary N) is 2. The summed E-state index contributed by atoms with van der Waals surface area (Å²) in [6.45, 7) is 4.25. The molecule has 0 saturated carbocycles. The third kappa shape index (κ3) is 5.29. The van der Waals surface area contributed by atoms with E-state index in [9.17, 15) is 8.42 Å². The molecule has 0 atom stereocenters. The minimum atomic E-state index is -3.61. The second-order valence-corrected chi connectivity index (χ2v) is 8.00. The molecule has 2 aromatic rings. The van der Waals surface area contributed by atoms with E-state index in [0.717, 1.165) is 17.1 Å². The molecule has 2 rings (SSSR count). The van der Waals surface area contributed by atoms with E-state index in [1.54, 1.807) is 6.07 Å². The fourth-order valence-corrected chi connectivity index (χ4v) is 3.35. The monoisotopic (exact) mass is 383 g/mol. The Bertz CT molecular complexity index is 856. The van der Waals surface area contributed by atoms with Crippen LogP contribution < -0.4 is 14.9 Å². The third-order valence-electron chi connectivity index (χ3n) is 3.45. The van der Waals surface area contributed by atoms with Crippen molar-refractivity contribution in [2.45, 2.75) is 18.7 Å². The molecule has 1 aromatic carbocycles. The summed E-state index contributed by atoms with van der Waals surface area (Å²) in [6, 6.07) is 6.53. The van der Waals surface area contributed by atoms with E-state index < -0.39 is 10.0 Å². The number of hydrogen-bond acceptors (Lipinski definition) is 6. The molecule has 1 heterocycles. The van der Waals surface area contributed by atoms with Crippen molar-refractivity contribution in [2.75, 3.05) is 37.4 Å². The van der Waals surface area contributed by atoms with Crippen LogP contribution in [0, 0.1) is 13.8 Å². The zero-order valence-corrected chi connectivity index (χ0v) is 16.2. The van der Waals surface area contributed by atoms with Gasteiger partial charge in [-0.1, -0.05) is 17.7 Å². The Labute approximate surface area is 153 Å². The van der Waals surface area contributed by atoms with Crippen LogP contribution in [0.3, 0.4) is 0 Å². The van der Waals surface area contributed by atoms with Crippen molar-refractivity contribution >= 4 is 33.4 Å². The minimum Gasteiger partial charge on any atom is -0.363 e. The van der Waals surface area contributed by atoms with Gasteiger partial charge in [-0.05, 0) is 31.5 Å². The van der Waals surface area contributed by atoms with Crippen molar-refractivity contribution in [1.29, 1.82) is 0 Å². The molecule has 0 bridgehead atoms. The van der Waals surface area contributed by atoms with Gasteiger partial charge < -0.3 is 10.2 Å². The standard InChI is InChI=1S/C16H22ClN5O2S/c1-11-5-6-13(10-14(11)17)25(23,24)19-8-7-18-16-20-12(2)9-15(21-16)22(3)4/h5-6,9-10,19H,7-8H2,1-4H3,(H,18,20,21). The summed E-state index contributed by atoms with van der Waals surface area (Å²) < 4.78 is 27.1. The predicted molar refractivity (Wildman–Crippen MR) is 101 cm³/mol. The third-order valence-corrected chi connectivity index (χ3v) is 5.32. The molecule has 1 aromatic heterocycles. The lowest BCUT2D eigenvalue weighted by Crippen LogP contribution is -2.29. The number of rotatable bonds is 7. The number of benzene rings is 1. The van der Waals surface area contributed by atoms with Gasteiger partial charge in [0.25, 0.3) is 0 Å². The number of hydrogen-bond donors (Lipinski definition) is 2. The molecule has 0 aliphatic heterocycles. The Balaban J connectivity index is 1.95. The fraction of sp³-hybridized carbons (Fsp3) is 0.375. The first-order valence-corrected chi connectivity index (χ1v) is 9.58. The average Bonchev–Trinajstić information content (AvgIpc) is 2.53. The molecule has 136 valence electrons. The summed E-state index contributed by atoms with van der Waals surface area (Å²) in [5.74, 6) is 1.24. The van der Waals surface area contributed by atoms with Crippen molar-refractivity contribution < 1.29 is 8.42 Å². The topological polar surface area (TPSA) is 87.2 Å². The summed E-state index contributed by atoms with van der Waals surface area (Å²) in [5, 5.41) is 3.45. The van der Waals surface area contributed by atoms with Crippen molar-refractivity contribution in [2.24, 2.45) is 0 Å². The second-order valence-electron chi connectivity index (χ2n) is 5.82. The fourth-order valence-electron chi connectivity index (χ4n) is 2.04. The van der Waals surface area contributed by atoms with Gasteiger partial charge in [-0.25, -0.2) is 18.1 Å². The van der Waals surface area contributed by atoms with Crippen molar-refractivity contribution in [3.63, 3.8) is 0 Å². The molecule has 2 N–H and O–H groups in total. The highest BCUT2D eigenvalue weighted by Gasteiger charge is 2.14. The van der Waals surface area contributed by atoms with Gasteiger partial charge in [0.15, 0.2) is 0 Å². The Morgan fingerprint density at radius 1 is 1.12 bits per heavy atom. The zero-order valence-electron chi connectivity index (χ0n) is 14.7. The first-order chi connectivity index (χ1) is 11.7. The van der Waals surface area contributed by atoms with Crippen LogP contribution in [0.5, 0.6) is 0 Å². The second kappa shape index (κ2) is 7.99. The minimum absolute atomic E-state index is 0.143. The maximum Gasteiger partial charge on any atom is 0.240 e. The van der Waals surface area contributed by atoms with Crippen LogP contribution in [-0.2, 0) is 10.0 Å². The van der Waals surface area contributed by atoms with E-state index in [0.29, 0.717) is 17.5 Å². The smallest absolute Gasteiger partial charge is 0.240 e. The molecule has 0 radical (unpaired) electrons. The first-order valence-electron chi connectivity index (χ1n) is 7.72. The Kier molecular flexibility index (Phi) is 6.21. The van der Waals surface area contributed by atoms with Crippen LogP contribution in [-0.4, -0.2) is 45.6 Å². The van der Waals surface area contributed by atoms with E-state index in [1.165, 1.54) is 12.1 Å². The molecule has 0 amide bonds. The molecule has 0 fully saturated rings. The van der Waals surface area contributed by atoms with E-state index >= 15 is 0 Å². The summed E-state index contributed by atoms with van der Waals surface area (Å²) in [5.41, 5.74) is 1.66. The highest BCUT2D eigenvalue weighted by molar-refractivity contribution is 7.89. The Morgan fingerprint density at radius 3 is 2.48 bits per heavy atom. The van der Waals surface area contributed by atoms with Gasteiger partial charge >= 0.3 is 0 Å². The lowest BCUT2D eigenvalue weighted by molar-refractivity contribution is 0.583. The van der Waals surface area contributed by atoms with Crippen LogP contribution in [0.1, 0.15) is 11.3 Å². The lowest BCUT2D eigenvalue weighted by Gasteiger charge is -2.14. The molecule has 0 unspecified atom stereocenters. The van der Waals surface area contributed by atoms with Gasteiger partial charge in [0, 0.05) is 44.0 Å². The molecular weight excluding hydrogens is 362 g/mol. The Morgan fingerprint density at radius 2 is 1.84 bits per heavy atom. The van der Waals surface area contributed by atoms with E-state index in [1.807, 2.05) is 38.9 Å². The highest BCUT2D eigenvalue weighted by atomic mass is 35.5. The summed E-state index contributed by atoms with van der Waals surface area (Å²) in [7, 11) is 0.183. The van der Waals surface area contributed by atoms with Gasteiger partial charge in [0.05, 0.1) is 4.90 Å². The summed E-state index contributed by atoms with van der Waals surface area (Å²) in [6.07, 6.45) is 0. The van der Waals surface area contributed by atoms with Gasteiger partial charge in [-0.3, -0.25) is 0 Å². The van der Waals surface area contributed by atoms with Crippen LogP contribution in [0.15, 0.2) is 29.2 Å². The van der Waals surface area contributed by atoms with Crippen LogP contribution in [0.2, 0.25) is 5.02 Å². The SMILES string of the molecule is Cc1cc(N(C)C)nc(NCCNS(=O)(=O)c2ccc(C)c(Cl)c2)n1. The first kappa shape index (κ1) is 19.4. The quantitative estimate of drug-likeness (QED) is 0.713. The molecule has 9 heteroatoms. The zero-order chi connectivity index (χ0) is 18.6. The van der Waals surface area contributed by atoms with Crippen LogP contribution >= 0.6 is 11.6 Å². The number of nitrogens with zero attached hydrogens (tertiary/aromatic N) is 3. The summed E-state index contributed by atoms with van der Waals surface area (Å²) in [4.78, 5) is 10.7. The molecule has 0 spiro atoms. The maximum atomic E-state index is 12.3. The summed E-state index contributed by atoms with van der Waals surface area (Å²) >= 11 is 5.99. The Hall–Kier alpha value is -1.90. The molecule has 0 aliphatic carbocycles. The number of anilines is 2. The molecule has 7 nitrogen and oxygen atoms in total. The van der Waals surface area contributed by atoms with Crippen molar-refractivity contribution in [3.8, 4) is 0 Å². The average molecular weight is 384 g/mol. The predicted octanol–water partition coefficient (Wildman–Crippen LogP) is 2.20. The number of sulfonamides is 1. The van der Waals surface area contributed by atoms with Crippen LogP contribution in [0.4, 0.5) is 11.8 Å². The van der Waals surface area contributed by atoms with E-state index in [2.05, 4.69) is 20.0 Å². The molecule has 25 heavy (non-hydrogen) atoms. The van der Waals surface area contributed by atoms with E-state index in [4.69, 9.17) is 11.6 Å². The number of aryl methyl sites for hydroxylation is 2. The lowest BCUT2D eigenvalue weighted by atomic mass is 10.2. The number of halogens is 1. The van der Waals surface area contributed by atoms with Gasteiger partial charge in [0.1, 0.15) is 5.82 Å². The highest BCUT2D eigenvalue weighted by Crippen LogP contribution is 2.19. The maximum absolute atomic E-state index is 12.3. The molecular formula is C16H22ClN5O2S. The van der Waals surface area contributed by atoms with Gasteiger partial charge in [0.2, 0.25) is 16.0 Å². The van der Waals surface area contributed by atoms with E-state index in [-0.39, 0.29) is 11.4 Å². The normalized spacial score (nSPS) is 11.4. The van der Waals surface area contributed by atoms with Crippen LogP contribution in [0.25, 0.3) is 0 Å².